The molecule has 0 spiro atoms. The van der Waals surface area contributed by atoms with Gasteiger partial charge in [0.25, 0.3) is 0 Å². The van der Waals surface area contributed by atoms with Gasteiger partial charge in [-0.15, -0.1) is 0 Å². The predicted octanol–water partition coefficient (Wildman–Crippen LogP) is 3.77. The van der Waals surface area contributed by atoms with Crippen LogP contribution in [-0.4, -0.2) is 30.1 Å². The van der Waals surface area contributed by atoms with Crippen molar-refractivity contribution in [3.63, 3.8) is 0 Å². The average Bonchev–Trinajstić information content (AvgIpc) is 3.00. The van der Waals surface area contributed by atoms with Crippen LogP contribution in [0.25, 0.3) is 0 Å². The van der Waals surface area contributed by atoms with E-state index in [4.69, 9.17) is 5.73 Å². The van der Waals surface area contributed by atoms with Gasteiger partial charge in [0.2, 0.25) is 0 Å². The zero-order valence-corrected chi connectivity index (χ0v) is 13.4. The Hall–Kier alpha value is -0.860. The van der Waals surface area contributed by atoms with E-state index in [0.29, 0.717) is 18.0 Å². The maximum atomic E-state index is 6.46. The van der Waals surface area contributed by atoms with E-state index in [2.05, 4.69) is 42.2 Å². The van der Waals surface area contributed by atoms with Gasteiger partial charge < -0.3 is 5.73 Å². The monoisotopic (exact) mass is 286 g/mol. The van der Waals surface area contributed by atoms with Crippen molar-refractivity contribution in [2.24, 2.45) is 11.7 Å². The largest absolute Gasteiger partial charge is 0.326 e. The van der Waals surface area contributed by atoms with Crippen molar-refractivity contribution in [2.45, 2.75) is 63.5 Å². The number of hydrogen-bond acceptors (Lipinski definition) is 2. The van der Waals surface area contributed by atoms with E-state index < -0.39 is 0 Å². The summed E-state index contributed by atoms with van der Waals surface area (Å²) in [6, 6.07) is 12.0. The van der Waals surface area contributed by atoms with Gasteiger partial charge >= 0.3 is 0 Å². The Morgan fingerprint density at radius 2 is 1.95 bits per heavy atom. The summed E-state index contributed by atoms with van der Waals surface area (Å²) in [4.78, 5) is 2.70. The van der Waals surface area contributed by atoms with E-state index in [1.165, 1.54) is 57.2 Å². The van der Waals surface area contributed by atoms with Crippen molar-refractivity contribution in [3.05, 3.63) is 35.9 Å². The second-order valence-corrected chi connectivity index (χ2v) is 7.09. The molecule has 1 saturated heterocycles. The van der Waals surface area contributed by atoms with Gasteiger partial charge in [-0.25, -0.2) is 0 Å². The lowest BCUT2D eigenvalue weighted by molar-refractivity contribution is 0.130. The zero-order chi connectivity index (χ0) is 14.7. The first kappa shape index (κ1) is 15.1. The lowest BCUT2D eigenvalue weighted by atomic mass is 9.80. The SMILES string of the molecule is CCCC1CCC(N)C(N2CCC(c3ccccc3)C2)C1. The molecule has 2 heteroatoms. The van der Waals surface area contributed by atoms with E-state index in [9.17, 15) is 0 Å². The second kappa shape index (κ2) is 6.93. The molecular formula is C19H30N2. The van der Waals surface area contributed by atoms with Gasteiger partial charge in [-0.2, -0.15) is 0 Å². The first-order valence-electron chi connectivity index (χ1n) is 8.82. The quantitative estimate of drug-likeness (QED) is 0.913. The third-order valence-corrected chi connectivity index (χ3v) is 5.63. The van der Waals surface area contributed by atoms with Gasteiger partial charge in [0.15, 0.2) is 0 Å². The Morgan fingerprint density at radius 3 is 2.71 bits per heavy atom. The van der Waals surface area contributed by atoms with Crippen LogP contribution in [0.15, 0.2) is 30.3 Å². The van der Waals surface area contributed by atoms with Crippen LogP contribution in [0, 0.1) is 5.92 Å². The third-order valence-electron chi connectivity index (χ3n) is 5.63. The lowest BCUT2D eigenvalue weighted by Gasteiger charge is -2.39. The van der Waals surface area contributed by atoms with Crippen LogP contribution in [0.1, 0.15) is 56.9 Å². The van der Waals surface area contributed by atoms with E-state index in [1.807, 2.05) is 0 Å². The molecule has 2 fully saturated rings. The second-order valence-electron chi connectivity index (χ2n) is 7.09. The summed E-state index contributed by atoms with van der Waals surface area (Å²) < 4.78 is 0. The molecule has 4 atom stereocenters. The zero-order valence-electron chi connectivity index (χ0n) is 13.4. The summed E-state index contributed by atoms with van der Waals surface area (Å²) >= 11 is 0. The van der Waals surface area contributed by atoms with E-state index in [-0.39, 0.29) is 0 Å². The van der Waals surface area contributed by atoms with Crippen molar-refractivity contribution >= 4 is 0 Å². The summed E-state index contributed by atoms with van der Waals surface area (Å²) in [6.45, 7) is 4.75. The maximum absolute atomic E-state index is 6.46. The molecule has 1 aliphatic heterocycles. The molecule has 0 radical (unpaired) electrons. The molecule has 3 rings (SSSR count). The fourth-order valence-electron chi connectivity index (χ4n) is 4.43. The summed E-state index contributed by atoms with van der Waals surface area (Å²) in [5.74, 6) is 1.63. The Kier molecular flexibility index (Phi) is 4.97. The summed E-state index contributed by atoms with van der Waals surface area (Å²) in [7, 11) is 0. The van der Waals surface area contributed by atoms with Gasteiger partial charge in [-0.1, -0.05) is 50.1 Å². The molecule has 4 unspecified atom stereocenters. The summed E-state index contributed by atoms with van der Waals surface area (Å²) in [6.07, 6.45) is 7.91. The van der Waals surface area contributed by atoms with Crippen molar-refractivity contribution in [1.29, 1.82) is 0 Å². The highest BCUT2D eigenvalue weighted by molar-refractivity contribution is 5.21. The van der Waals surface area contributed by atoms with Crippen LogP contribution in [0.4, 0.5) is 0 Å². The average molecular weight is 286 g/mol. The topological polar surface area (TPSA) is 29.3 Å². The number of nitrogens with zero attached hydrogens (tertiary/aromatic N) is 1. The number of likely N-dealkylation sites (tertiary alicyclic amines) is 1. The fraction of sp³-hybridized carbons (Fsp3) is 0.684. The van der Waals surface area contributed by atoms with Gasteiger partial charge in [-0.05, 0) is 49.6 Å². The normalized spacial score (nSPS) is 34.2. The molecule has 1 aromatic carbocycles. The van der Waals surface area contributed by atoms with Crippen LogP contribution in [-0.2, 0) is 0 Å². The molecule has 2 nitrogen and oxygen atoms in total. The molecular weight excluding hydrogens is 256 g/mol. The first-order chi connectivity index (χ1) is 10.3. The molecule has 0 bridgehead atoms. The van der Waals surface area contributed by atoms with Crippen molar-refractivity contribution in [1.82, 2.24) is 4.90 Å². The smallest absolute Gasteiger partial charge is 0.0250 e. The van der Waals surface area contributed by atoms with Crippen molar-refractivity contribution < 1.29 is 0 Å². The minimum Gasteiger partial charge on any atom is -0.326 e. The summed E-state index contributed by atoms with van der Waals surface area (Å²) in [5.41, 5.74) is 7.97. The van der Waals surface area contributed by atoms with Crippen molar-refractivity contribution in [2.75, 3.05) is 13.1 Å². The Morgan fingerprint density at radius 1 is 1.14 bits per heavy atom. The van der Waals surface area contributed by atoms with Crippen LogP contribution in [0.3, 0.4) is 0 Å². The summed E-state index contributed by atoms with van der Waals surface area (Å²) in [5, 5.41) is 0. The molecule has 2 N–H and O–H groups in total. The van der Waals surface area contributed by atoms with E-state index in [0.717, 1.165) is 5.92 Å². The van der Waals surface area contributed by atoms with Crippen LogP contribution < -0.4 is 5.73 Å². The van der Waals surface area contributed by atoms with Crippen molar-refractivity contribution in [3.8, 4) is 0 Å². The predicted molar refractivity (Wildman–Crippen MR) is 89.4 cm³/mol. The minimum atomic E-state index is 0.396. The molecule has 1 aliphatic carbocycles. The number of hydrogen-bond donors (Lipinski definition) is 1. The van der Waals surface area contributed by atoms with Crippen LogP contribution >= 0.6 is 0 Å². The highest BCUT2D eigenvalue weighted by Crippen LogP contribution is 2.35. The Labute approximate surface area is 129 Å². The molecule has 2 aliphatic rings. The molecule has 1 saturated carbocycles. The maximum Gasteiger partial charge on any atom is 0.0250 e. The molecule has 21 heavy (non-hydrogen) atoms. The number of nitrogens with two attached hydrogens (primary N) is 1. The molecule has 0 aromatic heterocycles. The molecule has 1 aromatic rings. The number of benzene rings is 1. The lowest BCUT2D eigenvalue weighted by Crippen LogP contribution is -2.50. The van der Waals surface area contributed by atoms with Gasteiger partial charge in [0.1, 0.15) is 0 Å². The number of rotatable bonds is 4. The van der Waals surface area contributed by atoms with Gasteiger partial charge in [-0.3, -0.25) is 4.90 Å². The first-order valence-corrected chi connectivity index (χ1v) is 8.82. The fourth-order valence-corrected chi connectivity index (χ4v) is 4.43. The van der Waals surface area contributed by atoms with E-state index in [1.54, 1.807) is 0 Å². The third kappa shape index (κ3) is 3.49. The molecule has 1 heterocycles. The van der Waals surface area contributed by atoms with Gasteiger partial charge in [0.05, 0.1) is 0 Å². The van der Waals surface area contributed by atoms with Crippen LogP contribution in [0.2, 0.25) is 0 Å². The Bertz CT molecular complexity index is 430. The molecule has 0 amide bonds. The van der Waals surface area contributed by atoms with Gasteiger partial charge in [0, 0.05) is 18.6 Å². The Balaban J connectivity index is 1.62. The molecule has 116 valence electrons. The van der Waals surface area contributed by atoms with E-state index >= 15 is 0 Å². The van der Waals surface area contributed by atoms with Crippen LogP contribution in [0.5, 0.6) is 0 Å². The minimum absolute atomic E-state index is 0.396. The highest BCUT2D eigenvalue weighted by Gasteiger charge is 2.35. The standard InChI is InChI=1S/C19H30N2/c1-2-6-15-9-10-18(20)19(13-15)21-12-11-17(14-21)16-7-4-3-5-8-16/h3-5,7-8,15,17-19H,2,6,9-14,20H2,1H3. The highest BCUT2D eigenvalue weighted by atomic mass is 15.2.